The van der Waals surface area contributed by atoms with E-state index in [1.54, 1.807) is 6.20 Å². The summed E-state index contributed by atoms with van der Waals surface area (Å²) < 4.78 is 1.63. The van der Waals surface area contributed by atoms with Crippen molar-refractivity contribution in [3.63, 3.8) is 0 Å². The number of aromatic nitrogens is 1. The van der Waals surface area contributed by atoms with E-state index >= 15 is 0 Å². The standard InChI is InChI=1S/C9H12Br2N2O/c1-2-7(12)9(14)8-6(11)3-5(10)4-13-8/h3-4,7,9,14H,2,12H2,1H3. The van der Waals surface area contributed by atoms with Crippen LogP contribution < -0.4 is 5.73 Å². The molecule has 14 heavy (non-hydrogen) atoms. The molecular formula is C9H12Br2N2O. The van der Waals surface area contributed by atoms with E-state index in [1.165, 1.54) is 0 Å². The van der Waals surface area contributed by atoms with E-state index < -0.39 is 6.10 Å². The highest BCUT2D eigenvalue weighted by Crippen LogP contribution is 2.26. The Morgan fingerprint density at radius 1 is 1.57 bits per heavy atom. The van der Waals surface area contributed by atoms with Crippen molar-refractivity contribution in [2.75, 3.05) is 0 Å². The normalized spacial score (nSPS) is 15.2. The van der Waals surface area contributed by atoms with Gasteiger partial charge in [-0.2, -0.15) is 0 Å². The van der Waals surface area contributed by atoms with Crippen LogP contribution in [0.4, 0.5) is 0 Å². The maximum absolute atomic E-state index is 9.83. The molecule has 0 aliphatic heterocycles. The van der Waals surface area contributed by atoms with Crippen molar-refractivity contribution in [3.05, 3.63) is 26.9 Å². The van der Waals surface area contributed by atoms with E-state index in [1.807, 2.05) is 13.0 Å². The van der Waals surface area contributed by atoms with E-state index in [0.29, 0.717) is 12.1 Å². The molecule has 0 spiro atoms. The quantitative estimate of drug-likeness (QED) is 0.897. The fourth-order valence-corrected chi connectivity index (χ4v) is 2.29. The molecule has 0 aliphatic carbocycles. The first-order valence-corrected chi connectivity index (χ1v) is 5.89. The van der Waals surface area contributed by atoms with E-state index in [9.17, 15) is 5.11 Å². The third-order valence-electron chi connectivity index (χ3n) is 1.99. The Balaban J connectivity index is 2.95. The van der Waals surface area contributed by atoms with E-state index in [2.05, 4.69) is 36.8 Å². The van der Waals surface area contributed by atoms with Gasteiger partial charge in [0.1, 0.15) is 6.10 Å². The van der Waals surface area contributed by atoms with Crippen LogP contribution in [0.25, 0.3) is 0 Å². The molecule has 0 saturated heterocycles. The Labute approximate surface area is 100.0 Å². The van der Waals surface area contributed by atoms with Crippen molar-refractivity contribution in [2.24, 2.45) is 5.73 Å². The Kier molecular flexibility index (Phi) is 4.50. The van der Waals surface area contributed by atoms with Gasteiger partial charge in [-0.25, -0.2) is 0 Å². The van der Waals surface area contributed by atoms with Crippen molar-refractivity contribution in [2.45, 2.75) is 25.5 Å². The van der Waals surface area contributed by atoms with Crippen molar-refractivity contribution in [1.82, 2.24) is 4.98 Å². The van der Waals surface area contributed by atoms with Crippen LogP contribution in [0.15, 0.2) is 21.2 Å². The number of hydrogen-bond acceptors (Lipinski definition) is 3. The minimum absolute atomic E-state index is 0.278. The first-order valence-electron chi connectivity index (χ1n) is 4.30. The summed E-state index contributed by atoms with van der Waals surface area (Å²) in [6.07, 6.45) is 1.64. The molecule has 0 saturated carbocycles. The monoisotopic (exact) mass is 322 g/mol. The van der Waals surface area contributed by atoms with Crippen molar-refractivity contribution >= 4 is 31.9 Å². The van der Waals surface area contributed by atoms with Crippen LogP contribution in [-0.2, 0) is 0 Å². The summed E-state index contributed by atoms with van der Waals surface area (Å²) in [6.45, 7) is 1.93. The van der Waals surface area contributed by atoms with Crippen molar-refractivity contribution in [1.29, 1.82) is 0 Å². The number of pyridine rings is 1. The summed E-state index contributed by atoms with van der Waals surface area (Å²) in [5.41, 5.74) is 6.32. The lowest BCUT2D eigenvalue weighted by atomic mass is 10.1. The van der Waals surface area contributed by atoms with Gasteiger partial charge < -0.3 is 10.8 Å². The van der Waals surface area contributed by atoms with Crippen LogP contribution in [-0.4, -0.2) is 16.1 Å². The lowest BCUT2D eigenvalue weighted by Gasteiger charge is -2.17. The third kappa shape index (κ3) is 2.76. The molecule has 0 radical (unpaired) electrons. The van der Waals surface area contributed by atoms with Crippen molar-refractivity contribution < 1.29 is 5.11 Å². The smallest absolute Gasteiger partial charge is 0.112 e. The van der Waals surface area contributed by atoms with E-state index in [0.717, 1.165) is 8.95 Å². The topological polar surface area (TPSA) is 59.1 Å². The number of halogens is 2. The molecule has 1 aromatic heterocycles. The Morgan fingerprint density at radius 2 is 2.21 bits per heavy atom. The third-order valence-corrected chi connectivity index (χ3v) is 3.06. The lowest BCUT2D eigenvalue weighted by Crippen LogP contribution is -2.28. The number of rotatable bonds is 3. The highest BCUT2D eigenvalue weighted by atomic mass is 79.9. The van der Waals surface area contributed by atoms with Gasteiger partial charge in [0.25, 0.3) is 0 Å². The molecule has 1 rings (SSSR count). The molecule has 78 valence electrons. The minimum Gasteiger partial charge on any atom is -0.385 e. The number of nitrogens with two attached hydrogens (primary N) is 1. The van der Waals surface area contributed by atoms with Gasteiger partial charge in [0.2, 0.25) is 0 Å². The molecule has 0 fully saturated rings. The highest BCUT2D eigenvalue weighted by molar-refractivity contribution is 9.11. The number of hydrogen-bond donors (Lipinski definition) is 2. The maximum atomic E-state index is 9.83. The van der Waals surface area contributed by atoms with Crippen LogP contribution in [0.5, 0.6) is 0 Å². The van der Waals surface area contributed by atoms with Crippen LogP contribution in [0.3, 0.4) is 0 Å². The zero-order valence-electron chi connectivity index (χ0n) is 7.74. The van der Waals surface area contributed by atoms with Crippen LogP contribution in [0.2, 0.25) is 0 Å². The second kappa shape index (κ2) is 5.21. The summed E-state index contributed by atoms with van der Waals surface area (Å²) in [6, 6.07) is 1.56. The Bertz CT molecular complexity index is 320. The van der Waals surface area contributed by atoms with Gasteiger partial charge in [-0.15, -0.1) is 0 Å². The predicted molar refractivity (Wildman–Crippen MR) is 62.9 cm³/mol. The molecule has 1 aromatic rings. The first-order chi connectivity index (χ1) is 6.56. The average molecular weight is 324 g/mol. The fourth-order valence-electron chi connectivity index (χ4n) is 1.07. The molecule has 0 amide bonds. The van der Waals surface area contributed by atoms with Gasteiger partial charge in [-0.05, 0) is 44.3 Å². The molecule has 0 aromatic carbocycles. The molecule has 2 unspecified atom stereocenters. The summed E-state index contributed by atoms with van der Waals surface area (Å²) in [5, 5.41) is 9.83. The predicted octanol–water partition coefficient (Wildman–Crippen LogP) is 2.38. The summed E-state index contributed by atoms with van der Waals surface area (Å²) >= 11 is 6.63. The summed E-state index contributed by atoms with van der Waals surface area (Å²) in [7, 11) is 0. The molecule has 2 atom stereocenters. The second-order valence-electron chi connectivity index (χ2n) is 3.04. The lowest BCUT2D eigenvalue weighted by molar-refractivity contribution is 0.139. The van der Waals surface area contributed by atoms with E-state index in [-0.39, 0.29) is 6.04 Å². The number of nitrogens with zero attached hydrogens (tertiary/aromatic N) is 1. The number of aliphatic hydroxyl groups is 1. The van der Waals surface area contributed by atoms with Crippen LogP contribution >= 0.6 is 31.9 Å². The highest BCUT2D eigenvalue weighted by Gasteiger charge is 2.19. The molecule has 0 bridgehead atoms. The zero-order chi connectivity index (χ0) is 10.7. The minimum atomic E-state index is -0.720. The summed E-state index contributed by atoms with van der Waals surface area (Å²) in [5.74, 6) is 0. The van der Waals surface area contributed by atoms with Crippen LogP contribution in [0.1, 0.15) is 25.1 Å². The van der Waals surface area contributed by atoms with Gasteiger partial charge in [-0.1, -0.05) is 6.92 Å². The molecule has 3 nitrogen and oxygen atoms in total. The Morgan fingerprint density at radius 3 is 2.71 bits per heavy atom. The molecular weight excluding hydrogens is 312 g/mol. The average Bonchev–Trinajstić information content (AvgIpc) is 2.15. The SMILES string of the molecule is CCC(N)C(O)c1ncc(Br)cc1Br. The molecule has 5 heteroatoms. The van der Waals surface area contributed by atoms with Gasteiger partial charge in [0.05, 0.1) is 5.69 Å². The van der Waals surface area contributed by atoms with Gasteiger partial charge >= 0.3 is 0 Å². The zero-order valence-corrected chi connectivity index (χ0v) is 10.9. The van der Waals surface area contributed by atoms with E-state index in [4.69, 9.17) is 5.73 Å². The largest absolute Gasteiger partial charge is 0.385 e. The number of aliphatic hydroxyl groups excluding tert-OH is 1. The first kappa shape index (κ1) is 12.1. The maximum Gasteiger partial charge on any atom is 0.112 e. The molecule has 0 aliphatic rings. The van der Waals surface area contributed by atoms with Gasteiger partial charge in [-0.3, -0.25) is 4.98 Å². The van der Waals surface area contributed by atoms with Crippen molar-refractivity contribution in [3.8, 4) is 0 Å². The molecule has 3 N–H and O–H groups in total. The summed E-state index contributed by atoms with van der Waals surface area (Å²) in [4.78, 5) is 4.12. The van der Waals surface area contributed by atoms with Crippen LogP contribution in [0, 0.1) is 0 Å². The fraction of sp³-hybridized carbons (Fsp3) is 0.444. The molecule has 1 heterocycles. The van der Waals surface area contributed by atoms with Gasteiger partial charge in [0, 0.05) is 21.2 Å². The Hall–Kier alpha value is 0.0300. The van der Waals surface area contributed by atoms with Gasteiger partial charge in [0.15, 0.2) is 0 Å². The second-order valence-corrected chi connectivity index (χ2v) is 4.81.